The maximum absolute atomic E-state index is 11.0. The first-order valence-electron chi connectivity index (χ1n) is 4.82. The Bertz CT molecular complexity index is 139. The lowest BCUT2D eigenvalue weighted by Gasteiger charge is -2.11. The quantitative estimate of drug-likeness (QED) is 0.284. The van der Waals surface area contributed by atoms with Gasteiger partial charge < -0.3 is 0 Å². The van der Waals surface area contributed by atoms with E-state index in [0.717, 1.165) is 0 Å². The summed E-state index contributed by atoms with van der Waals surface area (Å²) in [6.45, 7) is 0. The largest absolute Gasteiger partial charge is 0.294 e. The third-order valence-corrected chi connectivity index (χ3v) is 2.61. The maximum atomic E-state index is 11.0. The number of carbonyl (C=O) groups excluding carboxylic acids is 1. The summed E-state index contributed by atoms with van der Waals surface area (Å²) in [5.74, 6) is 5.60. The van der Waals surface area contributed by atoms with Crippen LogP contribution in [-0.2, 0) is 4.79 Å². The van der Waals surface area contributed by atoms with E-state index in [1.54, 1.807) is 0 Å². The van der Waals surface area contributed by atoms with E-state index in [0.29, 0.717) is 12.3 Å². The summed E-state index contributed by atoms with van der Waals surface area (Å²) >= 11 is 0. The number of carbonyl (C=O) groups is 1. The highest BCUT2D eigenvalue weighted by Crippen LogP contribution is 2.24. The number of nitrogens with two attached hydrogens (primary N) is 1. The van der Waals surface area contributed by atoms with Gasteiger partial charge in [-0.05, 0) is 18.8 Å². The Morgan fingerprint density at radius 1 is 1.25 bits per heavy atom. The van der Waals surface area contributed by atoms with Crippen LogP contribution in [-0.4, -0.2) is 5.91 Å². The van der Waals surface area contributed by atoms with E-state index in [1.165, 1.54) is 38.5 Å². The molecule has 1 saturated carbocycles. The summed E-state index contributed by atoms with van der Waals surface area (Å²) in [7, 11) is 0. The van der Waals surface area contributed by atoms with Crippen LogP contribution in [0.5, 0.6) is 0 Å². The molecule has 1 aliphatic rings. The van der Waals surface area contributed by atoms with Crippen LogP contribution in [0, 0.1) is 5.92 Å². The van der Waals surface area contributed by atoms with E-state index < -0.39 is 0 Å². The van der Waals surface area contributed by atoms with E-state index in [2.05, 4.69) is 5.43 Å². The molecule has 0 bridgehead atoms. The van der Waals surface area contributed by atoms with Gasteiger partial charge in [-0.25, -0.2) is 5.84 Å². The van der Waals surface area contributed by atoms with Crippen molar-refractivity contribution in [1.82, 2.24) is 5.43 Å². The van der Waals surface area contributed by atoms with Gasteiger partial charge in [0.2, 0.25) is 5.91 Å². The number of hydrogen-bond acceptors (Lipinski definition) is 2. The number of amides is 1. The smallest absolute Gasteiger partial charge is 0.234 e. The highest BCUT2D eigenvalue weighted by Gasteiger charge is 2.14. The van der Waals surface area contributed by atoms with E-state index in [-0.39, 0.29) is 5.91 Å². The first-order valence-corrected chi connectivity index (χ1v) is 4.82. The van der Waals surface area contributed by atoms with Gasteiger partial charge in [-0.2, -0.15) is 0 Å². The molecule has 1 amide bonds. The Morgan fingerprint density at radius 2 is 1.83 bits per heavy atom. The van der Waals surface area contributed by atoms with Gasteiger partial charge in [0.25, 0.3) is 0 Å². The zero-order valence-corrected chi connectivity index (χ0v) is 7.51. The van der Waals surface area contributed by atoms with Crippen LogP contribution in [0.25, 0.3) is 0 Å². The Morgan fingerprint density at radius 3 is 2.33 bits per heavy atom. The van der Waals surface area contributed by atoms with E-state index >= 15 is 0 Å². The minimum atomic E-state index is -0.0121. The molecule has 0 aromatic carbocycles. The van der Waals surface area contributed by atoms with Gasteiger partial charge in [0.15, 0.2) is 0 Å². The predicted molar refractivity (Wildman–Crippen MR) is 48.1 cm³/mol. The number of rotatable bonds is 2. The Labute approximate surface area is 73.7 Å². The molecular formula is C9H18N2O. The van der Waals surface area contributed by atoms with Crippen molar-refractivity contribution in [3.8, 4) is 0 Å². The highest BCUT2D eigenvalue weighted by atomic mass is 16.2. The molecule has 70 valence electrons. The zero-order chi connectivity index (χ0) is 8.81. The monoisotopic (exact) mass is 170 g/mol. The average Bonchev–Trinajstić information content (AvgIpc) is 2.33. The van der Waals surface area contributed by atoms with E-state index in [9.17, 15) is 4.79 Å². The molecule has 0 atom stereocenters. The molecule has 0 saturated heterocycles. The fourth-order valence-corrected chi connectivity index (χ4v) is 1.89. The Kier molecular flexibility index (Phi) is 4.08. The molecule has 0 radical (unpaired) electrons. The van der Waals surface area contributed by atoms with E-state index in [1.807, 2.05) is 0 Å². The molecule has 0 unspecified atom stereocenters. The van der Waals surface area contributed by atoms with E-state index in [4.69, 9.17) is 5.84 Å². The van der Waals surface area contributed by atoms with Crippen LogP contribution in [0.15, 0.2) is 0 Å². The van der Waals surface area contributed by atoms with Crippen molar-refractivity contribution in [2.75, 3.05) is 0 Å². The summed E-state index contributed by atoms with van der Waals surface area (Å²) in [4.78, 5) is 11.0. The van der Waals surface area contributed by atoms with Gasteiger partial charge in [-0.1, -0.05) is 25.7 Å². The highest BCUT2D eigenvalue weighted by molar-refractivity contribution is 5.75. The van der Waals surface area contributed by atoms with Gasteiger partial charge in [0.05, 0.1) is 0 Å². The van der Waals surface area contributed by atoms with Crippen LogP contribution in [0.3, 0.4) is 0 Å². The van der Waals surface area contributed by atoms with Crippen molar-refractivity contribution >= 4 is 5.91 Å². The third-order valence-electron chi connectivity index (χ3n) is 2.61. The normalized spacial score (nSPS) is 20.1. The standard InChI is InChI=1S/C9H18N2O/c10-11-9(12)7-8-5-3-1-2-4-6-8/h8H,1-7,10H2,(H,11,12). The molecule has 1 aliphatic carbocycles. The van der Waals surface area contributed by atoms with Gasteiger partial charge >= 0.3 is 0 Å². The van der Waals surface area contributed by atoms with Gasteiger partial charge in [0, 0.05) is 6.42 Å². The molecule has 0 aromatic heterocycles. The van der Waals surface area contributed by atoms with Crippen molar-refractivity contribution in [2.45, 2.75) is 44.9 Å². The number of nitrogens with one attached hydrogen (secondary N) is 1. The van der Waals surface area contributed by atoms with Crippen LogP contribution in [0.2, 0.25) is 0 Å². The second-order valence-corrected chi connectivity index (χ2v) is 3.63. The lowest BCUT2D eigenvalue weighted by Crippen LogP contribution is -2.31. The van der Waals surface area contributed by atoms with Crippen LogP contribution < -0.4 is 11.3 Å². The number of hydrazine groups is 1. The summed E-state index contributed by atoms with van der Waals surface area (Å²) in [5, 5.41) is 0. The van der Waals surface area contributed by atoms with Crippen molar-refractivity contribution in [3.05, 3.63) is 0 Å². The Balaban J connectivity index is 2.24. The van der Waals surface area contributed by atoms with Crippen molar-refractivity contribution in [3.63, 3.8) is 0 Å². The molecule has 12 heavy (non-hydrogen) atoms. The fraction of sp³-hybridized carbons (Fsp3) is 0.889. The topological polar surface area (TPSA) is 55.1 Å². The van der Waals surface area contributed by atoms with Crippen molar-refractivity contribution in [2.24, 2.45) is 11.8 Å². The molecule has 0 aliphatic heterocycles. The van der Waals surface area contributed by atoms with Crippen LogP contribution >= 0.6 is 0 Å². The molecule has 0 spiro atoms. The summed E-state index contributed by atoms with van der Waals surface area (Å²) < 4.78 is 0. The van der Waals surface area contributed by atoms with Gasteiger partial charge in [-0.3, -0.25) is 10.2 Å². The average molecular weight is 170 g/mol. The molecule has 3 heteroatoms. The zero-order valence-electron chi connectivity index (χ0n) is 7.51. The molecule has 0 aromatic rings. The molecule has 1 rings (SSSR count). The van der Waals surface area contributed by atoms with Crippen LogP contribution in [0.1, 0.15) is 44.9 Å². The fourth-order valence-electron chi connectivity index (χ4n) is 1.89. The Hall–Kier alpha value is -0.570. The SMILES string of the molecule is NNC(=O)CC1CCCCCC1. The van der Waals surface area contributed by atoms with Crippen molar-refractivity contribution < 1.29 is 4.79 Å². The summed E-state index contributed by atoms with van der Waals surface area (Å²) in [5.41, 5.74) is 2.19. The predicted octanol–water partition coefficient (Wildman–Crippen LogP) is 1.34. The molecule has 3 nitrogen and oxygen atoms in total. The first-order chi connectivity index (χ1) is 5.83. The minimum Gasteiger partial charge on any atom is -0.294 e. The minimum absolute atomic E-state index is 0.0121. The number of hydrogen-bond donors (Lipinski definition) is 2. The second-order valence-electron chi connectivity index (χ2n) is 3.63. The molecule has 3 N–H and O–H groups in total. The second kappa shape index (κ2) is 5.14. The van der Waals surface area contributed by atoms with Gasteiger partial charge in [0.1, 0.15) is 0 Å². The van der Waals surface area contributed by atoms with Crippen LogP contribution in [0.4, 0.5) is 0 Å². The lowest BCUT2D eigenvalue weighted by atomic mass is 9.96. The lowest BCUT2D eigenvalue weighted by molar-refractivity contribution is -0.122. The molecular weight excluding hydrogens is 152 g/mol. The third kappa shape index (κ3) is 3.22. The maximum Gasteiger partial charge on any atom is 0.234 e. The first kappa shape index (κ1) is 9.52. The van der Waals surface area contributed by atoms with Crippen molar-refractivity contribution in [1.29, 1.82) is 0 Å². The molecule has 0 heterocycles. The summed E-state index contributed by atoms with van der Waals surface area (Å²) in [6, 6.07) is 0. The molecule has 1 fully saturated rings. The van der Waals surface area contributed by atoms with Gasteiger partial charge in [-0.15, -0.1) is 0 Å². The summed E-state index contributed by atoms with van der Waals surface area (Å²) in [6.07, 6.45) is 8.25.